The molecule has 1 unspecified atom stereocenters. The first-order valence-electron chi connectivity index (χ1n) is 10.3. The summed E-state index contributed by atoms with van der Waals surface area (Å²) in [5, 5.41) is 16.1. The van der Waals surface area contributed by atoms with E-state index >= 15 is 0 Å². The van der Waals surface area contributed by atoms with E-state index in [1.165, 1.54) is 17.8 Å². The van der Waals surface area contributed by atoms with Gasteiger partial charge in [-0.2, -0.15) is 8.42 Å². The van der Waals surface area contributed by atoms with Crippen LogP contribution in [0.4, 0.5) is 5.69 Å². The van der Waals surface area contributed by atoms with Gasteiger partial charge in [-0.25, -0.2) is 13.6 Å². The molecule has 10 nitrogen and oxygen atoms in total. The Kier molecular flexibility index (Phi) is 10.1. The summed E-state index contributed by atoms with van der Waals surface area (Å²) in [6, 6.07) is 11.2. The maximum absolute atomic E-state index is 12.4. The van der Waals surface area contributed by atoms with Crippen molar-refractivity contribution in [1.29, 1.82) is 0 Å². The second-order valence-corrected chi connectivity index (χ2v) is 12.5. The van der Waals surface area contributed by atoms with Crippen LogP contribution >= 0.6 is 23.4 Å². The van der Waals surface area contributed by atoms with Gasteiger partial charge in [-0.05, 0) is 30.0 Å². The molecule has 1 aliphatic heterocycles. The summed E-state index contributed by atoms with van der Waals surface area (Å²) >= 11 is 7.43. The highest BCUT2D eigenvalue weighted by Gasteiger charge is 2.28. The minimum Gasteiger partial charge on any atom is -0.480 e. The van der Waals surface area contributed by atoms with Crippen LogP contribution in [0.25, 0.3) is 0 Å². The summed E-state index contributed by atoms with van der Waals surface area (Å²) in [6.45, 7) is 3.89. The third-order valence-electron chi connectivity index (χ3n) is 4.52. The van der Waals surface area contributed by atoms with Gasteiger partial charge in [0.2, 0.25) is 10.0 Å². The van der Waals surface area contributed by atoms with Crippen LogP contribution in [0.5, 0.6) is 0 Å². The number of carboxylic acids is 1. The predicted octanol–water partition coefficient (Wildman–Crippen LogP) is 2.88. The molecule has 2 aromatic rings. The smallest absolute Gasteiger partial charge is 0.320 e. The van der Waals surface area contributed by atoms with Crippen LogP contribution in [0.1, 0.15) is 25.8 Å². The topological polar surface area (TPSA) is 182 Å². The number of primary sulfonamides is 1. The summed E-state index contributed by atoms with van der Waals surface area (Å²) in [7, 11) is -8.20. The van der Waals surface area contributed by atoms with Crippen LogP contribution in [0, 0.1) is 5.92 Å². The number of halogens is 1. The lowest BCUT2D eigenvalue weighted by molar-refractivity contribution is -0.138. The van der Waals surface area contributed by atoms with Crippen molar-refractivity contribution in [2.75, 3.05) is 11.1 Å². The third kappa shape index (κ3) is 8.78. The van der Waals surface area contributed by atoms with Crippen molar-refractivity contribution in [3.63, 3.8) is 0 Å². The monoisotopic (exact) mass is 562 g/mol. The molecular formula is C21H27ClN4O6S3. The summed E-state index contributed by atoms with van der Waals surface area (Å²) in [6.07, 6.45) is 0.551. The average molecular weight is 563 g/mol. The van der Waals surface area contributed by atoms with Gasteiger partial charge in [0.25, 0.3) is 10.0 Å². The highest BCUT2D eigenvalue weighted by molar-refractivity contribution is 7.99. The number of carboxylic acid groups (broad SMARTS) is 1. The van der Waals surface area contributed by atoms with E-state index in [1.54, 1.807) is 0 Å². The number of nitrogens with two attached hydrogens (primary N) is 2. The molecule has 0 bridgehead atoms. The summed E-state index contributed by atoms with van der Waals surface area (Å²) < 4.78 is 51.6. The first kappa shape index (κ1) is 29.1. The van der Waals surface area contributed by atoms with Crippen LogP contribution in [0.3, 0.4) is 0 Å². The molecule has 0 fully saturated rings. The van der Waals surface area contributed by atoms with E-state index < -0.39 is 37.0 Å². The largest absolute Gasteiger partial charge is 0.480 e. The van der Waals surface area contributed by atoms with Crippen molar-refractivity contribution >= 4 is 60.9 Å². The SMILES string of the molecule is CC(C)CC(N)C(=O)O.NS(=O)(=O)c1cc2c(cc1Cl)NC(CSCc1ccccc1)=NS2(=O)=O. The number of fused-ring (bicyclic) bond motifs is 1. The molecule has 0 saturated carbocycles. The number of nitrogens with zero attached hydrogens (tertiary/aromatic N) is 1. The van der Waals surface area contributed by atoms with Crippen molar-refractivity contribution in [1.82, 2.24) is 0 Å². The minimum absolute atomic E-state index is 0.160. The molecule has 2 aromatic carbocycles. The number of nitrogens with one attached hydrogen (secondary N) is 1. The molecule has 1 aliphatic rings. The van der Waals surface area contributed by atoms with Crippen LogP contribution in [-0.4, -0.2) is 45.5 Å². The number of hydrogen-bond donors (Lipinski definition) is 4. The molecule has 0 radical (unpaired) electrons. The Balaban J connectivity index is 0.000000410. The van der Waals surface area contributed by atoms with Crippen molar-refractivity contribution in [3.8, 4) is 0 Å². The zero-order chi connectivity index (χ0) is 26.4. The third-order valence-corrected chi connectivity index (χ3v) is 8.27. The first-order valence-corrected chi connectivity index (χ1v) is 14.8. The van der Waals surface area contributed by atoms with Crippen LogP contribution in [0.2, 0.25) is 5.02 Å². The number of benzene rings is 2. The van der Waals surface area contributed by atoms with E-state index in [9.17, 15) is 21.6 Å². The Hall–Kier alpha value is -2.16. The number of thioether (sulfide) groups is 1. The maximum Gasteiger partial charge on any atom is 0.320 e. The second kappa shape index (κ2) is 12.2. The van der Waals surface area contributed by atoms with Gasteiger partial charge in [0.1, 0.15) is 21.7 Å². The van der Waals surface area contributed by atoms with Gasteiger partial charge in [0, 0.05) is 5.75 Å². The quantitative estimate of drug-likeness (QED) is 0.375. The number of sulfonamides is 2. The van der Waals surface area contributed by atoms with Gasteiger partial charge in [0.05, 0.1) is 16.5 Å². The Morgan fingerprint density at radius 3 is 2.34 bits per heavy atom. The highest BCUT2D eigenvalue weighted by Crippen LogP contribution is 2.34. The molecule has 0 aromatic heterocycles. The van der Waals surface area contributed by atoms with Gasteiger partial charge in [-0.15, -0.1) is 16.2 Å². The average Bonchev–Trinajstić information content (AvgIpc) is 2.72. The van der Waals surface area contributed by atoms with Crippen molar-refractivity contribution < 1.29 is 26.7 Å². The number of rotatable bonds is 8. The molecular weight excluding hydrogens is 536 g/mol. The van der Waals surface area contributed by atoms with E-state index in [2.05, 4.69) is 9.71 Å². The molecule has 1 atom stereocenters. The van der Waals surface area contributed by atoms with Gasteiger partial charge in [-0.1, -0.05) is 55.8 Å². The van der Waals surface area contributed by atoms with E-state index in [4.69, 9.17) is 27.6 Å². The van der Waals surface area contributed by atoms with Gasteiger partial charge in [0.15, 0.2) is 0 Å². The number of hydrogen-bond acceptors (Lipinski definition) is 8. The minimum atomic E-state index is -4.15. The molecule has 35 heavy (non-hydrogen) atoms. The Labute approximate surface area is 214 Å². The van der Waals surface area contributed by atoms with E-state index in [1.807, 2.05) is 44.2 Å². The van der Waals surface area contributed by atoms with Crippen LogP contribution in [0.15, 0.2) is 56.7 Å². The molecule has 0 aliphatic carbocycles. The molecule has 0 amide bonds. The number of anilines is 1. The molecule has 14 heteroatoms. The summed E-state index contributed by atoms with van der Waals surface area (Å²) in [5.41, 5.74) is 6.50. The number of carbonyl (C=O) groups is 1. The first-order chi connectivity index (χ1) is 16.2. The molecule has 1 heterocycles. The summed E-state index contributed by atoms with van der Waals surface area (Å²) in [4.78, 5) is 9.38. The molecule has 192 valence electrons. The van der Waals surface area contributed by atoms with Gasteiger partial charge in [-0.3, -0.25) is 4.79 Å². The zero-order valence-corrected chi connectivity index (χ0v) is 22.2. The standard InChI is InChI=1S/C15H14ClN3O4S3.C6H13NO2/c16-11-6-12-14(7-13(11)25(17,20)21)26(22,23)19-15(18-12)9-24-8-10-4-2-1-3-5-10;1-4(2)3-5(7)6(8)9/h1-7H,8-9H2,(H,18,19)(H2,17,20,21);4-5H,3,7H2,1-2H3,(H,8,9). The number of aliphatic carboxylic acids is 1. The van der Waals surface area contributed by atoms with Gasteiger partial charge >= 0.3 is 5.97 Å². The zero-order valence-electron chi connectivity index (χ0n) is 19.0. The fraction of sp³-hybridized carbons (Fsp3) is 0.333. The van der Waals surface area contributed by atoms with Crippen molar-refractivity contribution in [2.45, 2.75) is 41.9 Å². The second-order valence-electron chi connectivity index (χ2n) is 8.01. The predicted molar refractivity (Wildman–Crippen MR) is 139 cm³/mol. The highest BCUT2D eigenvalue weighted by atomic mass is 35.5. The lowest BCUT2D eigenvalue weighted by Gasteiger charge is -2.19. The van der Waals surface area contributed by atoms with Crippen LogP contribution < -0.4 is 16.2 Å². The van der Waals surface area contributed by atoms with E-state index in [-0.39, 0.29) is 21.4 Å². The Morgan fingerprint density at radius 1 is 1.20 bits per heavy atom. The Bertz CT molecular complexity index is 1300. The number of amidine groups is 1. The lowest BCUT2D eigenvalue weighted by atomic mass is 10.1. The van der Waals surface area contributed by atoms with Crippen LogP contribution in [-0.2, 0) is 30.6 Å². The van der Waals surface area contributed by atoms with E-state index in [0.29, 0.717) is 23.8 Å². The van der Waals surface area contributed by atoms with Crippen molar-refractivity contribution in [2.24, 2.45) is 21.2 Å². The lowest BCUT2D eigenvalue weighted by Crippen LogP contribution is -2.31. The molecule has 0 spiro atoms. The molecule has 3 rings (SSSR count). The fourth-order valence-electron chi connectivity index (χ4n) is 2.95. The summed E-state index contributed by atoms with van der Waals surface area (Å²) in [5.74, 6) is 0.722. The molecule has 6 N–H and O–H groups in total. The van der Waals surface area contributed by atoms with E-state index in [0.717, 1.165) is 11.6 Å². The maximum atomic E-state index is 12.4. The normalized spacial score (nSPS) is 15.2. The fourth-order valence-corrected chi connectivity index (χ4v) is 6.22. The van der Waals surface area contributed by atoms with Crippen molar-refractivity contribution in [3.05, 3.63) is 53.1 Å². The van der Waals surface area contributed by atoms with Gasteiger partial charge < -0.3 is 16.2 Å². The molecule has 0 saturated heterocycles. The Morgan fingerprint density at radius 2 is 1.83 bits per heavy atom.